The summed E-state index contributed by atoms with van der Waals surface area (Å²) in [5.41, 5.74) is 3.73. The van der Waals surface area contributed by atoms with E-state index in [9.17, 15) is 9.59 Å². The van der Waals surface area contributed by atoms with Crippen LogP contribution in [-0.4, -0.2) is 28.8 Å². The standard InChI is InChI=1S/C23H26N2O2/c1-2-16-3-9-19(10-4-16)23(27)25(21-13-14-21)15-17-5-7-18(8-6-17)22(26)24-20-11-12-20/h3-10,20-21H,2,11-15H2,1H3,(H,24,26). The Morgan fingerprint density at radius 2 is 1.48 bits per heavy atom. The number of hydrogen-bond donors (Lipinski definition) is 1. The van der Waals surface area contributed by atoms with Gasteiger partial charge in [0.15, 0.2) is 0 Å². The van der Waals surface area contributed by atoms with Gasteiger partial charge in [-0.1, -0.05) is 31.2 Å². The maximum Gasteiger partial charge on any atom is 0.254 e. The van der Waals surface area contributed by atoms with Gasteiger partial charge in [-0.3, -0.25) is 9.59 Å². The highest BCUT2D eigenvalue weighted by atomic mass is 16.2. The Labute approximate surface area is 160 Å². The summed E-state index contributed by atoms with van der Waals surface area (Å²) in [5, 5.41) is 3.00. The molecule has 1 N–H and O–H groups in total. The maximum atomic E-state index is 13.0. The van der Waals surface area contributed by atoms with E-state index in [1.54, 1.807) is 0 Å². The van der Waals surface area contributed by atoms with Crippen molar-refractivity contribution in [3.05, 3.63) is 70.8 Å². The van der Waals surface area contributed by atoms with Crippen LogP contribution < -0.4 is 5.32 Å². The molecule has 4 nitrogen and oxygen atoms in total. The number of amides is 2. The molecule has 2 amide bonds. The predicted octanol–water partition coefficient (Wildman–Crippen LogP) is 3.95. The van der Waals surface area contributed by atoms with Crippen molar-refractivity contribution in [2.24, 2.45) is 0 Å². The number of carbonyl (C=O) groups excluding carboxylic acids is 2. The van der Waals surface area contributed by atoms with E-state index in [-0.39, 0.29) is 11.8 Å². The number of nitrogens with zero attached hydrogens (tertiary/aromatic N) is 1. The second-order valence-corrected chi connectivity index (χ2v) is 7.66. The molecule has 0 atom stereocenters. The molecule has 0 spiro atoms. The van der Waals surface area contributed by atoms with Gasteiger partial charge in [-0.05, 0) is 67.5 Å². The Hall–Kier alpha value is -2.62. The van der Waals surface area contributed by atoms with Crippen molar-refractivity contribution < 1.29 is 9.59 Å². The van der Waals surface area contributed by atoms with Crippen molar-refractivity contribution in [1.29, 1.82) is 0 Å². The third-order valence-corrected chi connectivity index (χ3v) is 5.34. The van der Waals surface area contributed by atoms with Gasteiger partial charge in [0.05, 0.1) is 0 Å². The van der Waals surface area contributed by atoms with Gasteiger partial charge in [-0.25, -0.2) is 0 Å². The normalized spacial score (nSPS) is 16.0. The van der Waals surface area contributed by atoms with Crippen molar-refractivity contribution in [3.8, 4) is 0 Å². The summed E-state index contributed by atoms with van der Waals surface area (Å²) in [5.74, 6) is 0.0888. The Bertz CT molecular complexity index is 818. The largest absolute Gasteiger partial charge is 0.349 e. The van der Waals surface area contributed by atoms with Crippen molar-refractivity contribution >= 4 is 11.8 Å². The van der Waals surface area contributed by atoms with E-state index in [0.29, 0.717) is 24.2 Å². The number of aryl methyl sites for hydroxylation is 1. The first-order valence-corrected chi connectivity index (χ1v) is 9.93. The van der Waals surface area contributed by atoms with Crippen LogP contribution in [0.5, 0.6) is 0 Å². The van der Waals surface area contributed by atoms with Crippen LogP contribution >= 0.6 is 0 Å². The minimum Gasteiger partial charge on any atom is -0.349 e. The molecule has 2 aromatic rings. The molecular weight excluding hydrogens is 336 g/mol. The first kappa shape index (κ1) is 17.8. The number of hydrogen-bond acceptors (Lipinski definition) is 2. The highest BCUT2D eigenvalue weighted by Gasteiger charge is 2.33. The minimum absolute atomic E-state index is 0.00445. The third-order valence-electron chi connectivity index (χ3n) is 5.34. The lowest BCUT2D eigenvalue weighted by Crippen LogP contribution is -2.32. The molecule has 4 heteroatoms. The fourth-order valence-corrected chi connectivity index (χ4v) is 3.26. The molecule has 2 aliphatic rings. The zero-order chi connectivity index (χ0) is 18.8. The molecule has 2 saturated carbocycles. The van der Waals surface area contributed by atoms with Crippen LogP contribution in [0.25, 0.3) is 0 Å². The Morgan fingerprint density at radius 3 is 2.04 bits per heavy atom. The predicted molar refractivity (Wildman–Crippen MR) is 106 cm³/mol. The molecule has 140 valence electrons. The molecule has 0 saturated heterocycles. The molecule has 2 fully saturated rings. The molecule has 0 bridgehead atoms. The minimum atomic E-state index is -0.00445. The van der Waals surface area contributed by atoms with Crippen LogP contribution in [0.15, 0.2) is 48.5 Å². The SMILES string of the molecule is CCc1ccc(C(=O)N(Cc2ccc(C(=O)NC3CC3)cc2)C2CC2)cc1. The van der Waals surface area contributed by atoms with Crippen molar-refractivity contribution in [3.63, 3.8) is 0 Å². The second-order valence-electron chi connectivity index (χ2n) is 7.66. The van der Waals surface area contributed by atoms with Crippen molar-refractivity contribution in [2.75, 3.05) is 0 Å². The molecule has 2 aromatic carbocycles. The summed E-state index contributed by atoms with van der Waals surface area (Å²) in [6.45, 7) is 2.70. The van der Waals surface area contributed by atoms with Crippen LogP contribution in [0.2, 0.25) is 0 Å². The summed E-state index contributed by atoms with van der Waals surface area (Å²) in [7, 11) is 0. The third kappa shape index (κ3) is 4.38. The van der Waals surface area contributed by atoms with Gasteiger partial charge in [-0.2, -0.15) is 0 Å². The molecule has 4 rings (SSSR count). The fourth-order valence-electron chi connectivity index (χ4n) is 3.26. The second kappa shape index (κ2) is 7.55. The lowest BCUT2D eigenvalue weighted by atomic mass is 10.1. The van der Waals surface area contributed by atoms with E-state index in [1.807, 2.05) is 53.4 Å². The molecular formula is C23H26N2O2. The van der Waals surface area contributed by atoms with E-state index in [2.05, 4.69) is 12.2 Å². The zero-order valence-electron chi connectivity index (χ0n) is 15.8. The topological polar surface area (TPSA) is 49.4 Å². The number of nitrogens with one attached hydrogen (secondary N) is 1. The summed E-state index contributed by atoms with van der Waals surface area (Å²) < 4.78 is 0. The van der Waals surface area contributed by atoms with E-state index < -0.39 is 0 Å². The van der Waals surface area contributed by atoms with Crippen LogP contribution in [0, 0.1) is 0 Å². The van der Waals surface area contributed by atoms with Gasteiger partial charge in [0, 0.05) is 29.8 Å². The van der Waals surface area contributed by atoms with E-state index >= 15 is 0 Å². The first-order valence-electron chi connectivity index (χ1n) is 9.93. The molecule has 0 aromatic heterocycles. The van der Waals surface area contributed by atoms with E-state index in [1.165, 1.54) is 5.56 Å². The highest BCUT2D eigenvalue weighted by Crippen LogP contribution is 2.30. The van der Waals surface area contributed by atoms with Gasteiger partial charge in [0.2, 0.25) is 0 Å². The Morgan fingerprint density at radius 1 is 0.889 bits per heavy atom. The lowest BCUT2D eigenvalue weighted by Gasteiger charge is -2.23. The maximum absolute atomic E-state index is 13.0. The van der Waals surface area contributed by atoms with Crippen LogP contribution in [0.4, 0.5) is 0 Å². The summed E-state index contributed by atoms with van der Waals surface area (Å²) >= 11 is 0. The van der Waals surface area contributed by atoms with Crippen LogP contribution in [0.3, 0.4) is 0 Å². The van der Waals surface area contributed by atoms with E-state index in [4.69, 9.17) is 0 Å². The Balaban J connectivity index is 1.44. The zero-order valence-corrected chi connectivity index (χ0v) is 15.8. The van der Waals surface area contributed by atoms with Gasteiger partial charge in [0.1, 0.15) is 0 Å². The molecule has 2 aliphatic carbocycles. The van der Waals surface area contributed by atoms with Gasteiger partial charge < -0.3 is 10.2 Å². The lowest BCUT2D eigenvalue weighted by molar-refractivity contribution is 0.0729. The van der Waals surface area contributed by atoms with Gasteiger partial charge in [-0.15, -0.1) is 0 Å². The summed E-state index contributed by atoms with van der Waals surface area (Å²) in [4.78, 5) is 27.1. The molecule has 0 heterocycles. The summed E-state index contributed by atoms with van der Waals surface area (Å²) in [6, 6.07) is 16.3. The number of rotatable bonds is 7. The van der Waals surface area contributed by atoms with Crippen molar-refractivity contribution in [2.45, 2.75) is 57.7 Å². The van der Waals surface area contributed by atoms with Crippen LogP contribution in [0.1, 0.15) is 64.4 Å². The first-order chi connectivity index (χ1) is 13.1. The fraction of sp³-hybridized carbons (Fsp3) is 0.391. The molecule has 0 unspecified atom stereocenters. The average molecular weight is 362 g/mol. The summed E-state index contributed by atoms with van der Waals surface area (Å²) in [6.07, 6.45) is 5.28. The monoisotopic (exact) mass is 362 g/mol. The average Bonchev–Trinajstić information content (AvgIpc) is 3.61. The molecule has 27 heavy (non-hydrogen) atoms. The van der Waals surface area contributed by atoms with Crippen molar-refractivity contribution in [1.82, 2.24) is 10.2 Å². The smallest absolute Gasteiger partial charge is 0.254 e. The number of carbonyl (C=O) groups is 2. The van der Waals surface area contributed by atoms with E-state index in [0.717, 1.165) is 43.2 Å². The van der Waals surface area contributed by atoms with Gasteiger partial charge >= 0.3 is 0 Å². The molecule has 0 aliphatic heterocycles. The van der Waals surface area contributed by atoms with Crippen LogP contribution in [-0.2, 0) is 13.0 Å². The highest BCUT2D eigenvalue weighted by molar-refractivity contribution is 5.95. The Kier molecular flexibility index (Phi) is 4.97. The molecule has 0 radical (unpaired) electrons. The van der Waals surface area contributed by atoms with Gasteiger partial charge in [0.25, 0.3) is 11.8 Å². The number of benzene rings is 2. The quantitative estimate of drug-likeness (QED) is 0.811.